The van der Waals surface area contributed by atoms with Crippen LogP contribution in [0.25, 0.3) is 10.9 Å². The Morgan fingerprint density at radius 3 is 2.62 bits per heavy atom. The number of likely N-dealkylation sites (tertiary alicyclic amines) is 1. The zero-order chi connectivity index (χ0) is 29.0. The number of nitrogens with one attached hydrogen (secondary N) is 2. The van der Waals surface area contributed by atoms with Gasteiger partial charge in [-0.2, -0.15) is 13.2 Å². The van der Waals surface area contributed by atoms with Crippen molar-refractivity contribution in [3.05, 3.63) is 48.2 Å². The number of methoxy groups -OCH3 is 1. The standard InChI is InChI=1S/C26H26F4N4O5S/c1-39-24-13-17(40(37)38)7-8-22(24)31-10-3-4-16-12-18-20(5-2-6-23(18)34(16)15-26(28,29)30)32-21-9-11-33(25(35)36)14-19(21)27/h2,5-8,12-13,19,21,31-32,40H,9-11,14-15H2,1H3,(H,35,36)/t19-,21+/m0/s1. The zero-order valence-electron chi connectivity index (χ0n) is 21.2. The van der Waals surface area contributed by atoms with Crippen molar-refractivity contribution >= 4 is 39.1 Å². The summed E-state index contributed by atoms with van der Waals surface area (Å²) in [6, 6.07) is 9.70. The van der Waals surface area contributed by atoms with Gasteiger partial charge >= 0.3 is 12.3 Å². The molecule has 14 heteroatoms. The lowest BCUT2D eigenvalue weighted by Crippen LogP contribution is -2.49. The van der Waals surface area contributed by atoms with Crippen LogP contribution in [0.15, 0.2) is 47.4 Å². The van der Waals surface area contributed by atoms with E-state index < -0.39 is 41.7 Å². The van der Waals surface area contributed by atoms with Crippen LogP contribution < -0.4 is 15.4 Å². The summed E-state index contributed by atoms with van der Waals surface area (Å²) < 4.78 is 83.8. The molecule has 2 aromatic carbocycles. The zero-order valence-corrected chi connectivity index (χ0v) is 22.1. The minimum Gasteiger partial charge on any atom is -0.495 e. The third-order valence-electron chi connectivity index (χ3n) is 6.42. The van der Waals surface area contributed by atoms with Gasteiger partial charge in [0.05, 0.1) is 48.0 Å². The molecular formula is C26H26F4N4O5S. The van der Waals surface area contributed by atoms with E-state index in [2.05, 4.69) is 22.5 Å². The number of fused-ring (bicyclic) bond motifs is 1. The topological polar surface area (TPSA) is 113 Å². The summed E-state index contributed by atoms with van der Waals surface area (Å²) in [7, 11) is -1.43. The Morgan fingerprint density at radius 1 is 1.20 bits per heavy atom. The first-order chi connectivity index (χ1) is 19.0. The normalized spacial score (nSPS) is 17.4. The van der Waals surface area contributed by atoms with E-state index >= 15 is 0 Å². The van der Waals surface area contributed by atoms with Crippen molar-refractivity contribution in [2.75, 3.05) is 37.4 Å². The molecule has 0 radical (unpaired) electrons. The summed E-state index contributed by atoms with van der Waals surface area (Å²) in [5.41, 5.74) is 1.21. The van der Waals surface area contributed by atoms with Gasteiger partial charge in [0.15, 0.2) is 10.7 Å². The fourth-order valence-corrected chi connectivity index (χ4v) is 4.94. The number of anilines is 2. The summed E-state index contributed by atoms with van der Waals surface area (Å²) in [5, 5.41) is 15.5. The van der Waals surface area contributed by atoms with E-state index in [0.29, 0.717) is 16.8 Å². The van der Waals surface area contributed by atoms with Crippen molar-refractivity contribution in [1.82, 2.24) is 9.47 Å². The molecule has 1 amide bonds. The number of ether oxygens (including phenoxy) is 1. The van der Waals surface area contributed by atoms with Gasteiger partial charge in [0.25, 0.3) is 0 Å². The molecule has 1 fully saturated rings. The van der Waals surface area contributed by atoms with Crippen LogP contribution in [-0.4, -0.2) is 74.2 Å². The number of hydrogen-bond acceptors (Lipinski definition) is 6. The maximum absolute atomic E-state index is 14.7. The summed E-state index contributed by atoms with van der Waals surface area (Å²) >= 11 is 0. The van der Waals surface area contributed by atoms with E-state index in [1.54, 1.807) is 12.1 Å². The third-order valence-corrected chi connectivity index (χ3v) is 7.12. The Labute approximate surface area is 228 Å². The SMILES string of the molecule is COc1cc([SH](=O)=O)ccc1NCC#Cc1cc2c(N[C@@H]3CCN(C(=O)O)C[C@@H]3F)cccc2n1CC(F)(F)F. The minimum atomic E-state index is -4.53. The summed E-state index contributed by atoms with van der Waals surface area (Å²) in [5.74, 6) is 5.81. The predicted octanol–water partition coefficient (Wildman–Crippen LogP) is 4.15. The summed E-state index contributed by atoms with van der Waals surface area (Å²) in [4.78, 5) is 12.2. The molecule has 1 aliphatic heterocycles. The summed E-state index contributed by atoms with van der Waals surface area (Å²) in [6.07, 6.45) is -7.04. The Kier molecular flexibility index (Phi) is 8.63. The van der Waals surface area contributed by atoms with E-state index in [1.165, 1.54) is 37.4 Å². The molecule has 3 aromatic rings. The molecule has 1 saturated heterocycles. The predicted molar refractivity (Wildman–Crippen MR) is 141 cm³/mol. The van der Waals surface area contributed by atoms with E-state index in [9.17, 15) is 30.8 Å². The van der Waals surface area contributed by atoms with Gasteiger partial charge in [0.2, 0.25) is 0 Å². The van der Waals surface area contributed by atoms with Crippen LogP contribution >= 0.6 is 0 Å². The van der Waals surface area contributed by atoms with Crippen LogP contribution in [0.4, 0.5) is 33.7 Å². The number of piperidine rings is 1. The number of carboxylic acid groups (broad SMARTS) is 1. The fraction of sp³-hybridized carbons (Fsp3) is 0.346. The lowest BCUT2D eigenvalue weighted by atomic mass is 10.0. The first-order valence-electron chi connectivity index (χ1n) is 12.1. The number of halogens is 4. The maximum Gasteiger partial charge on any atom is 0.407 e. The molecule has 40 heavy (non-hydrogen) atoms. The molecule has 0 bridgehead atoms. The second-order valence-corrected chi connectivity index (χ2v) is 10.1. The van der Waals surface area contributed by atoms with Gasteiger partial charge in [-0.25, -0.2) is 17.6 Å². The summed E-state index contributed by atoms with van der Waals surface area (Å²) in [6.45, 7) is -1.44. The molecule has 1 aromatic heterocycles. The number of benzene rings is 2. The molecule has 0 unspecified atom stereocenters. The third kappa shape index (κ3) is 6.71. The molecular weight excluding hydrogens is 556 g/mol. The monoisotopic (exact) mass is 582 g/mol. The Morgan fingerprint density at radius 2 is 1.98 bits per heavy atom. The highest BCUT2D eigenvalue weighted by atomic mass is 32.2. The average Bonchev–Trinajstić information content (AvgIpc) is 3.24. The first-order valence-corrected chi connectivity index (χ1v) is 13.3. The highest BCUT2D eigenvalue weighted by molar-refractivity contribution is 7.72. The van der Waals surface area contributed by atoms with Crippen molar-refractivity contribution in [2.45, 2.75) is 36.3 Å². The van der Waals surface area contributed by atoms with Crippen molar-refractivity contribution in [1.29, 1.82) is 0 Å². The van der Waals surface area contributed by atoms with Crippen molar-refractivity contribution in [3.63, 3.8) is 0 Å². The van der Waals surface area contributed by atoms with E-state index in [-0.39, 0.29) is 47.9 Å². The van der Waals surface area contributed by atoms with Crippen LogP contribution in [0.1, 0.15) is 12.1 Å². The van der Waals surface area contributed by atoms with Gasteiger partial charge in [-0.3, -0.25) is 0 Å². The Balaban J connectivity index is 1.59. The largest absolute Gasteiger partial charge is 0.495 e. The van der Waals surface area contributed by atoms with Gasteiger partial charge in [0.1, 0.15) is 18.5 Å². The number of rotatable bonds is 7. The Bertz CT molecular complexity index is 1540. The lowest BCUT2D eigenvalue weighted by Gasteiger charge is -2.34. The van der Waals surface area contributed by atoms with Gasteiger partial charge < -0.3 is 29.9 Å². The van der Waals surface area contributed by atoms with E-state index in [0.717, 1.165) is 9.47 Å². The van der Waals surface area contributed by atoms with Crippen molar-refractivity contribution in [3.8, 4) is 17.6 Å². The van der Waals surface area contributed by atoms with Crippen LogP contribution in [0.2, 0.25) is 0 Å². The Hall–Kier alpha value is -4.12. The molecule has 4 rings (SSSR count). The second-order valence-electron chi connectivity index (χ2n) is 9.05. The highest BCUT2D eigenvalue weighted by Crippen LogP contribution is 2.32. The lowest BCUT2D eigenvalue weighted by molar-refractivity contribution is -0.140. The van der Waals surface area contributed by atoms with Crippen LogP contribution in [0.3, 0.4) is 0 Å². The number of amides is 1. The number of carbonyl (C=O) groups is 1. The van der Waals surface area contributed by atoms with Gasteiger partial charge in [-0.1, -0.05) is 12.0 Å². The average molecular weight is 583 g/mol. The number of thiol groups is 1. The van der Waals surface area contributed by atoms with E-state index in [4.69, 9.17) is 9.84 Å². The first kappa shape index (κ1) is 28.9. The van der Waals surface area contributed by atoms with Gasteiger partial charge in [-0.05, 0) is 42.7 Å². The van der Waals surface area contributed by atoms with Gasteiger partial charge in [-0.15, -0.1) is 0 Å². The molecule has 9 nitrogen and oxygen atoms in total. The number of hydrogen-bond donors (Lipinski definition) is 4. The van der Waals surface area contributed by atoms with E-state index in [1.807, 2.05) is 0 Å². The molecule has 0 aliphatic carbocycles. The fourth-order valence-electron chi connectivity index (χ4n) is 4.52. The number of nitrogens with zero attached hydrogens (tertiary/aromatic N) is 2. The van der Waals surface area contributed by atoms with Crippen LogP contribution in [-0.2, 0) is 17.2 Å². The number of aromatic nitrogens is 1. The second kappa shape index (κ2) is 12.0. The van der Waals surface area contributed by atoms with Crippen molar-refractivity contribution < 1.29 is 40.6 Å². The van der Waals surface area contributed by atoms with Crippen molar-refractivity contribution in [2.24, 2.45) is 0 Å². The smallest absolute Gasteiger partial charge is 0.407 e. The van der Waals surface area contributed by atoms with Crippen LogP contribution in [0.5, 0.6) is 5.75 Å². The molecule has 0 spiro atoms. The molecule has 3 N–H and O–H groups in total. The molecule has 2 atom stereocenters. The molecule has 2 heterocycles. The quantitative estimate of drug-likeness (QED) is 0.188. The molecule has 1 aliphatic rings. The molecule has 214 valence electrons. The highest BCUT2D eigenvalue weighted by Gasteiger charge is 2.33. The van der Waals surface area contributed by atoms with Gasteiger partial charge in [0, 0.05) is 23.7 Å². The minimum absolute atomic E-state index is 0.0174. The molecule has 0 saturated carbocycles. The maximum atomic E-state index is 14.7. The van der Waals surface area contributed by atoms with Crippen LogP contribution in [0, 0.1) is 11.8 Å². The number of alkyl halides is 4.